The van der Waals surface area contributed by atoms with E-state index in [2.05, 4.69) is 24.3 Å². The Morgan fingerprint density at radius 2 is 1.65 bits per heavy atom. The molecular formula is C17H17Cl2N. The monoisotopic (exact) mass is 305 g/mol. The largest absolute Gasteiger partial charge is 0.330 e. The van der Waals surface area contributed by atoms with Gasteiger partial charge in [0.15, 0.2) is 0 Å². The zero-order chi connectivity index (χ0) is 14.2. The van der Waals surface area contributed by atoms with Gasteiger partial charge >= 0.3 is 0 Å². The van der Waals surface area contributed by atoms with E-state index in [0.717, 1.165) is 29.8 Å². The maximum atomic E-state index is 6.31. The molecule has 0 aromatic heterocycles. The van der Waals surface area contributed by atoms with E-state index < -0.39 is 0 Å². The third-order valence-corrected chi connectivity index (χ3v) is 4.85. The molecule has 3 rings (SSSR count). The topological polar surface area (TPSA) is 26.0 Å². The molecule has 0 heterocycles. The van der Waals surface area contributed by atoms with Crippen LogP contribution in [0.25, 0.3) is 0 Å². The molecule has 20 heavy (non-hydrogen) atoms. The molecule has 0 amide bonds. The summed E-state index contributed by atoms with van der Waals surface area (Å²) in [5, 5.41) is 1.41. The average Bonchev–Trinajstić information content (AvgIpc) is 2.81. The fraction of sp³-hybridized carbons (Fsp3) is 0.294. The molecular weight excluding hydrogens is 289 g/mol. The Bertz CT molecular complexity index is 612. The van der Waals surface area contributed by atoms with Gasteiger partial charge in [-0.2, -0.15) is 0 Å². The van der Waals surface area contributed by atoms with Crippen LogP contribution in [-0.2, 0) is 19.3 Å². The summed E-state index contributed by atoms with van der Waals surface area (Å²) in [7, 11) is 0. The zero-order valence-corrected chi connectivity index (χ0v) is 12.7. The SMILES string of the molecule is NCC1(Cc2ccc(Cl)cc2Cl)Cc2ccccc2C1. The van der Waals surface area contributed by atoms with Crippen molar-refractivity contribution < 1.29 is 0 Å². The Labute approximate surface area is 129 Å². The van der Waals surface area contributed by atoms with Gasteiger partial charge < -0.3 is 5.73 Å². The lowest BCUT2D eigenvalue weighted by Crippen LogP contribution is -2.33. The summed E-state index contributed by atoms with van der Waals surface area (Å²) >= 11 is 12.3. The summed E-state index contributed by atoms with van der Waals surface area (Å²) in [6.07, 6.45) is 2.95. The van der Waals surface area contributed by atoms with Gasteiger partial charge in [-0.25, -0.2) is 0 Å². The van der Waals surface area contributed by atoms with Crippen LogP contribution in [0.15, 0.2) is 42.5 Å². The molecule has 0 spiro atoms. The van der Waals surface area contributed by atoms with Crippen molar-refractivity contribution in [3.8, 4) is 0 Å². The molecule has 0 atom stereocenters. The molecule has 0 unspecified atom stereocenters. The van der Waals surface area contributed by atoms with Crippen molar-refractivity contribution in [2.75, 3.05) is 6.54 Å². The van der Waals surface area contributed by atoms with Gasteiger partial charge in [0.1, 0.15) is 0 Å². The molecule has 2 aromatic rings. The van der Waals surface area contributed by atoms with E-state index in [0.29, 0.717) is 11.6 Å². The highest BCUT2D eigenvalue weighted by Crippen LogP contribution is 2.40. The molecule has 3 heteroatoms. The Hall–Kier alpha value is -1.02. The van der Waals surface area contributed by atoms with Gasteiger partial charge in [-0.3, -0.25) is 0 Å². The smallest absolute Gasteiger partial charge is 0.0453 e. The van der Waals surface area contributed by atoms with E-state index in [4.69, 9.17) is 28.9 Å². The molecule has 1 nitrogen and oxygen atoms in total. The van der Waals surface area contributed by atoms with Crippen LogP contribution in [0.5, 0.6) is 0 Å². The first kappa shape index (κ1) is 13.9. The summed E-state index contributed by atoms with van der Waals surface area (Å²) in [6, 6.07) is 14.3. The van der Waals surface area contributed by atoms with E-state index in [1.807, 2.05) is 18.2 Å². The van der Waals surface area contributed by atoms with Crippen LogP contribution in [0.1, 0.15) is 16.7 Å². The van der Waals surface area contributed by atoms with Gasteiger partial charge in [0.05, 0.1) is 0 Å². The van der Waals surface area contributed by atoms with Crippen LogP contribution in [0, 0.1) is 5.41 Å². The molecule has 1 aliphatic rings. The van der Waals surface area contributed by atoms with Crippen molar-refractivity contribution in [2.24, 2.45) is 11.1 Å². The van der Waals surface area contributed by atoms with Crippen molar-refractivity contribution in [1.82, 2.24) is 0 Å². The Kier molecular flexibility index (Phi) is 3.76. The van der Waals surface area contributed by atoms with Gasteiger partial charge in [0.2, 0.25) is 0 Å². The third-order valence-electron chi connectivity index (χ3n) is 4.26. The first-order chi connectivity index (χ1) is 9.62. The van der Waals surface area contributed by atoms with Crippen molar-refractivity contribution in [2.45, 2.75) is 19.3 Å². The number of benzene rings is 2. The second kappa shape index (κ2) is 5.40. The first-order valence-corrected chi connectivity index (χ1v) is 7.58. The standard InChI is InChI=1S/C17H17Cl2N/c18-15-6-5-14(16(19)7-15)10-17(11-20)8-12-3-1-2-4-13(12)9-17/h1-7H,8-11,20H2. The molecule has 0 radical (unpaired) electrons. The molecule has 104 valence electrons. The van der Waals surface area contributed by atoms with E-state index in [9.17, 15) is 0 Å². The third kappa shape index (κ3) is 2.58. The average molecular weight is 306 g/mol. The first-order valence-electron chi connectivity index (χ1n) is 6.83. The minimum atomic E-state index is 0.0845. The van der Waals surface area contributed by atoms with Crippen LogP contribution < -0.4 is 5.73 Å². The molecule has 0 fully saturated rings. The minimum absolute atomic E-state index is 0.0845. The van der Waals surface area contributed by atoms with Crippen LogP contribution in [0.4, 0.5) is 0 Å². The van der Waals surface area contributed by atoms with E-state index in [1.54, 1.807) is 0 Å². The molecule has 0 bridgehead atoms. The van der Waals surface area contributed by atoms with Crippen LogP contribution in [-0.4, -0.2) is 6.54 Å². The quantitative estimate of drug-likeness (QED) is 0.900. The van der Waals surface area contributed by atoms with E-state index in [1.165, 1.54) is 11.1 Å². The summed E-state index contributed by atoms with van der Waals surface area (Å²) in [5.74, 6) is 0. The lowest BCUT2D eigenvalue weighted by atomic mass is 9.79. The van der Waals surface area contributed by atoms with Crippen molar-refractivity contribution in [3.05, 3.63) is 69.2 Å². The Balaban J connectivity index is 1.89. The van der Waals surface area contributed by atoms with E-state index in [-0.39, 0.29) is 5.41 Å². The maximum absolute atomic E-state index is 6.31. The number of halogens is 2. The molecule has 0 aliphatic heterocycles. The number of nitrogens with two attached hydrogens (primary N) is 1. The van der Waals surface area contributed by atoms with Crippen molar-refractivity contribution >= 4 is 23.2 Å². The molecule has 2 N–H and O–H groups in total. The fourth-order valence-corrected chi connectivity index (χ4v) is 3.66. The number of hydrogen-bond donors (Lipinski definition) is 1. The van der Waals surface area contributed by atoms with Crippen LogP contribution >= 0.6 is 23.2 Å². The maximum Gasteiger partial charge on any atom is 0.0453 e. The number of hydrogen-bond acceptors (Lipinski definition) is 1. The Morgan fingerprint density at radius 1 is 1.00 bits per heavy atom. The highest BCUT2D eigenvalue weighted by molar-refractivity contribution is 6.35. The minimum Gasteiger partial charge on any atom is -0.330 e. The lowest BCUT2D eigenvalue weighted by molar-refractivity contribution is 0.315. The molecule has 1 aliphatic carbocycles. The second-order valence-corrected chi connectivity index (χ2v) is 6.58. The summed E-state index contributed by atoms with van der Waals surface area (Å²) < 4.78 is 0. The van der Waals surface area contributed by atoms with Gasteiger partial charge in [-0.1, -0.05) is 53.5 Å². The predicted octanol–water partition coefficient (Wildman–Crippen LogP) is 4.28. The van der Waals surface area contributed by atoms with Crippen LogP contribution in [0.3, 0.4) is 0 Å². The molecule has 2 aromatic carbocycles. The van der Waals surface area contributed by atoms with Gasteiger partial charge in [0.25, 0.3) is 0 Å². The molecule has 0 saturated carbocycles. The van der Waals surface area contributed by atoms with Gasteiger partial charge in [0, 0.05) is 10.0 Å². The number of fused-ring (bicyclic) bond motifs is 1. The van der Waals surface area contributed by atoms with Gasteiger partial charge in [-0.15, -0.1) is 0 Å². The second-order valence-electron chi connectivity index (χ2n) is 5.74. The zero-order valence-electron chi connectivity index (χ0n) is 11.2. The van der Waals surface area contributed by atoms with Gasteiger partial charge in [-0.05, 0) is 60.0 Å². The van der Waals surface area contributed by atoms with Crippen molar-refractivity contribution in [3.63, 3.8) is 0 Å². The highest BCUT2D eigenvalue weighted by Gasteiger charge is 2.36. The normalized spacial score (nSPS) is 16.1. The molecule has 0 saturated heterocycles. The fourth-order valence-electron chi connectivity index (χ4n) is 3.18. The van der Waals surface area contributed by atoms with E-state index >= 15 is 0 Å². The highest BCUT2D eigenvalue weighted by atomic mass is 35.5. The summed E-state index contributed by atoms with van der Waals surface area (Å²) in [4.78, 5) is 0. The van der Waals surface area contributed by atoms with Crippen LogP contribution in [0.2, 0.25) is 10.0 Å². The van der Waals surface area contributed by atoms with Crippen molar-refractivity contribution in [1.29, 1.82) is 0 Å². The number of rotatable bonds is 3. The summed E-state index contributed by atoms with van der Waals surface area (Å²) in [5.41, 5.74) is 10.2. The predicted molar refractivity (Wildman–Crippen MR) is 85.5 cm³/mol. The summed E-state index contributed by atoms with van der Waals surface area (Å²) in [6.45, 7) is 0.667. The lowest BCUT2D eigenvalue weighted by Gasteiger charge is -2.28. The Morgan fingerprint density at radius 3 is 2.20 bits per heavy atom.